The summed E-state index contributed by atoms with van der Waals surface area (Å²) in [6, 6.07) is 77.6. The average molecular weight is 789 g/mol. The van der Waals surface area contributed by atoms with Crippen LogP contribution < -0.4 is 9.80 Å². The summed E-state index contributed by atoms with van der Waals surface area (Å²) in [6.07, 6.45) is 0. The summed E-state index contributed by atoms with van der Waals surface area (Å²) in [5.41, 5.74) is 11.6. The summed E-state index contributed by atoms with van der Waals surface area (Å²) in [5.74, 6) is -0.290. The first kappa shape index (κ1) is 35.7. The highest BCUT2D eigenvalue weighted by Gasteiger charge is 2.26. The van der Waals surface area contributed by atoms with Gasteiger partial charge < -0.3 is 9.80 Å². The van der Waals surface area contributed by atoms with Crippen LogP contribution in [0.25, 0.3) is 54.9 Å². The number of halogens is 1. The van der Waals surface area contributed by atoms with E-state index in [0.717, 1.165) is 61.5 Å². The Kier molecular flexibility index (Phi) is 8.98. The van der Waals surface area contributed by atoms with Gasteiger partial charge in [-0.3, -0.25) is 0 Å². The number of hydrogen-bond donors (Lipinski definition) is 0. The zero-order valence-electron chi connectivity index (χ0n) is 32.5. The summed E-state index contributed by atoms with van der Waals surface area (Å²) < 4.78 is 17.2. The van der Waals surface area contributed by atoms with Crippen molar-refractivity contribution in [1.29, 1.82) is 0 Å². The van der Waals surface area contributed by atoms with Crippen LogP contribution in [-0.4, -0.2) is 0 Å². The lowest BCUT2D eigenvalue weighted by atomic mass is 9.92. The lowest BCUT2D eigenvalue weighted by Gasteiger charge is -2.30. The first-order valence-electron chi connectivity index (χ1n) is 20.2. The molecular formula is C56H37FN2S. The predicted octanol–water partition coefficient (Wildman–Crippen LogP) is 16.5. The van der Waals surface area contributed by atoms with Crippen LogP contribution in [0.2, 0.25) is 0 Å². The van der Waals surface area contributed by atoms with Gasteiger partial charge in [-0.05, 0) is 129 Å². The van der Waals surface area contributed by atoms with Crippen molar-refractivity contribution in [3.05, 3.63) is 230 Å². The molecule has 0 radical (unpaired) electrons. The van der Waals surface area contributed by atoms with Crippen LogP contribution in [0.4, 0.5) is 38.5 Å². The van der Waals surface area contributed by atoms with E-state index in [0.29, 0.717) is 5.69 Å². The molecule has 284 valence electrons. The van der Waals surface area contributed by atoms with Gasteiger partial charge in [-0.15, -0.1) is 0 Å². The molecule has 0 spiro atoms. The first-order chi connectivity index (χ1) is 29.7. The first-order valence-corrected chi connectivity index (χ1v) is 21.0. The minimum Gasteiger partial charge on any atom is -0.310 e. The molecular weight excluding hydrogens is 752 g/mol. The Morgan fingerprint density at radius 3 is 1.55 bits per heavy atom. The molecule has 1 aliphatic heterocycles. The number of para-hydroxylation sites is 3. The number of nitrogens with zero attached hydrogens (tertiary/aromatic N) is 2. The van der Waals surface area contributed by atoms with Crippen LogP contribution in [0.5, 0.6) is 0 Å². The predicted molar refractivity (Wildman–Crippen MR) is 251 cm³/mol. The minimum absolute atomic E-state index is 0.290. The number of fused-ring (bicyclic) bond motifs is 4. The van der Waals surface area contributed by atoms with Crippen LogP contribution >= 0.6 is 11.8 Å². The van der Waals surface area contributed by atoms with Gasteiger partial charge in [-0.2, -0.15) is 0 Å². The van der Waals surface area contributed by atoms with Crippen molar-refractivity contribution in [2.75, 3.05) is 9.80 Å². The summed E-state index contributed by atoms with van der Waals surface area (Å²) in [4.78, 5) is 6.84. The van der Waals surface area contributed by atoms with Gasteiger partial charge in [0.2, 0.25) is 0 Å². The Balaban J connectivity index is 1.08. The maximum Gasteiger partial charge on any atom is 0.148 e. The van der Waals surface area contributed by atoms with Crippen molar-refractivity contribution in [2.24, 2.45) is 0 Å². The highest BCUT2D eigenvalue weighted by molar-refractivity contribution is 7.99. The van der Waals surface area contributed by atoms with Crippen molar-refractivity contribution >= 4 is 67.4 Å². The van der Waals surface area contributed by atoms with E-state index in [1.807, 2.05) is 78.5 Å². The highest BCUT2D eigenvalue weighted by Crippen LogP contribution is 2.52. The van der Waals surface area contributed by atoms with Crippen molar-refractivity contribution in [3.63, 3.8) is 0 Å². The molecule has 0 bridgehead atoms. The van der Waals surface area contributed by atoms with Gasteiger partial charge in [0.25, 0.3) is 0 Å². The minimum atomic E-state index is -0.290. The van der Waals surface area contributed by atoms with E-state index in [1.165, 1.54) is 31.7 Å². The number of anilines is 6. The molecule has 0 N–H and O–H groups in total. The molecule has 0 fully saturated rings. The topological polar surface area (TPSA) is 6.48 Å². The Hall–Kier alpha value is -7.40. The Morgan fingerprint density at radius 2 is 0.900 bits per heavy atom. The highest BCUT2D eigenvalue weighted by atomic mass is 32.2. The van der Waals surface area contributed by atoms with E-state index in [-0.39, 0.29) is 5.82 Å². The molecule has 4 heteroatoms. The Morgan fingerprint density at radius 1 is 0.333 bits per heavy atom. The van der Waals surface area contributed by atoms with E-state index < -0.39 is 0 Å². The quantitative estimate of drug-likeness (QED) is 0.142. The third-order valence-electron chi connectivity index (χ3n) is 11.4. The third-order valence-corrected chi connectivity index (χ3v) is 12.6. The lowest BCUT2D eigenvalue weighted by Crippen LogP contribution is -2.13. The smallest absolute Gasteiger partial charge is 0.148 e. The van der Waals surface area contributed by atoms with Crippen LogP contribution in [0.15, 0.2) is 234 Å². The van der Waals surface area contributed by atoms with E-state index in [1.54, 1.807) is 6.07 Å². The fraction of sp³-hybridized carbons (Fsp3) is 0. The number of hydrogen-bond acceptors (Lipinski definition) is 3. The molecule has 0 saturated heterocycles. The van der Waals surface area contributed by atoms with Gasteiger partial charge in [-0.1, -0.05) is 151 Å². The van der Waals surface area contributed by atoms with Gasteiger partial charge in [0, 0.05) is 49.2 Å². The molecule has 10 aromatic carbocycles. The van der Waals surface area contributed by atoms with E-state index in [2.05, 4.69) is 161 Å². The molecule has 1 heterocycles. The normalized spacial score (nSPS) is 11.7. The zero-order chi connectivity index (χ0) is 40.0. The van der Waals surface area contributed by atoms with Crippen molar-refractivity contribution in [1.82, 2.24) is 0 Å². The van der Waals surface area contributed by atoms with Gasteiger partial charge >= 0.3 is 0 Å². The van der Waals surface area contributed by atoms with Gasteiger partial charge in [-0.25, -0.2) is 4.39 Å². The molecule has 1 aliphatic rings. The summed E-state index contributed by atoms with van der Waals surface area (Å²) in [5, 5.41) is 4.67. The molecule has 0 amide bonds. The standard InChI is InChI=1S/C56H37FN2S/c57-52-35-41(38-17-6-1-7-18-38)34-50(39-19-8-2-9-20-39)56(52)59(44-25-14-5-15-26-44)45-30-29-40-33-51-47-32-31-46(58(42-21-10-3-11-22-42)43-23-12-4-13-24-43)37-54(47)60-53-28-16-27-48(55(51)53)49(40)36-45/h1-37H. The van der Waals surface area contributed by atoms with Crippen LogP contribution in [0.1, 0.15) is 0 Å². The molecule has 0 aromatic heterocycles. The molecule has 0 aliphatic carbocycles. The summed E-state index contributed by atoms with van der Waals surface area (Å²) in [7, 11) is 0. The number of rotatable bonds is 8. The van der Waals surface area contributed by atoms with Crippen LogP contribution in [0.3, 0.4) is 0 Å². The van der Waals surface area contributed by atoms with Crippen molar-refractivity contribution < 1.29 is 4.39 Å². The molecule has 2 nitrogen and oxygen atoms in total. The number of benzene rings is 10. The summed E-state index contributed by atoms with van der Waals surface area (Å²) >= 11 is 1.82. The Bertz CT molecular complexity index is 3130. The fourth-order valence-corrected chi connectivity index (χ4v) is 9.90. The Labute approximate surface area is 353 Å². The fourth-order valence-electron chi connectivity index (χ4n) is 8.72. The van der Waals surface area contributed by atoms with E-state index in [4.69, 9.17) is 0 Å². The molecule has 10 aromatic rings. The van der Waals surface area contributed by atoms with E-state index in [9.17, 15) is 0 Å². The van der Waals surface area contributed by atoms with Gasteiger partial charge in [0.05, 0.1) is 5.69 Å². The largest absolute Gasteiger partial charge is 0.310 e. The van der Waals surface area contributed by atoms with Crippen LogP contribution in [0, 0.1) is 5.82 Å². The maximum absolute atomic E-state index is 17.2. The van der Waals surface area contributed by atoms with Crippen molar-refractivity contribution in [2.45, 2.75) is 9.79 Å². The second kappa shape index (κ2) is 15.1. The molecule has 60 heavy (non-hydrogen) atoms. The van der Waals surface area contributed by atoms with Crippen molar-refractivity contribution in [3.8, 4) is 33.4 Å². The SMILES string of the molecule is Fc1cc(-c2ccccc2)cc(-c2ccccc2)c1N(c1ccccc1)c1ccc2cc3c4c(cccc4c2c1)Sc1cc(N(c2ccccc2)c2ccccc2)ccc1-3. The second-order valence-corrected chi connectivity index (χ2v) is 16.1. The average Bonchev–Trinajstić information content (AvgIpc) is 3.31. The summed E-state index contributed by atoms with van der Waals surface area (Å²) in [6.45, 7) is 0. The van der Waals surface area contributed by atoms with Crippen LogP contribution in [-0.2, 0) is 0 Å². The molecule has 0 saturated carbocycles. The molecule has 11 rings (SSSR count). The molecule has 0 unspecified atom stereocenters. The molecule has 0 atom stereocenters. The zero-order valence-corrected chi connectivity index (χ0v) is 33.4. The monoisotopic (exact) mass is 788 g/mol. The maximum atomic E-state index is 17.2. The third kappa shape index (κ3) is 6.30. The van der Waals surface area contributed by atoms with Gasteiger partial charge in [0.1, 0.15) is 5.82 Å². The van der Waals surface area contributed by atoms with E-state index >= 15 is 4.39 Å². The second-order valence-electron chi connectivity index (χ2n) is 15.1. The lowest BCUT2D eigenvalue weighted by molar-refractivity contribution is 0.630. The van der Waals surface area contributed by atoms with Gasteiger partial charge in [0.15, 0.2) is 0 Å².